The lowest BCUT2D eigenvalue weighted by Crippen LogP contribution is -2.39. The summed E-state index contributed by atoms with van der Waals surface area (Å²) in [4.78, 5) is 8.23. The standard InChI is InChI=1S/C10H16N4/c1-2-5-11-9(4-1)8-14-10-12-6-3-7-13-10/h3,6-7,9,11H,1-2,4-5,8H2,(H,12,13,14)/t9-/m0/s1. The summed E-state index contributed by atoms with van der Waals surface area (Å²) in [5.74, 6) is 0.722. The first-order valence-corrected chi connectivity index (χ1v) is 5.19. The van der Waals surface area contributed by atoms with Crippen LogP contribution in [0.2, 0.25) is 0 Å². The van der Waals surface area contributed by atoms with E-state index >= 15 is 0 Å². The molecular weight excluding hydrogens is 176 g/mol. The van der Waals surface area contributed by atoms with Gasteiger partial charge in [0.25, 0.3) is 0 Å². The minimum absolute atomic E-state index is 0.576. The molecule has 2 N–H and O–H groups in total. The molecule has 76 valence electrons. The van der Waals surface area contributed by atoms with E-state index in [-0.39, 0.29) is 0 Å². The summed E-state index contributed by atoms with van der Waals surface area (Å²) in [5.41, 5.74) is 0. The van der Waals surface area contributed by atoms with E-state index in [4.69, 9.17) is 0 Å². The molecule has 1 aromatic rings. The Hall–Kier alpha value is -1.16. The molecule has 14 heavy (non-hydrogen) atoms. The Morgan fingerprint density at radius 3 is 2.93 bits per heavy atom. The minimum atomic E-state index is 0.576. The largest absolute Gasteiger partial charge is 0.353 e. The van der Waals surface area contributed by atoms with Crippen LogP contribution in [0.4, 0.5) is 5.95 Å². The number of nitrogens with one attached hydrogen (secondary N) is 2. The van der Waals surface area contributed by atoms with Crippen molar-refractivity contribution < 1.29 is 0 Å². The molecule has 4 heteroatoms. The van der Waals surface area contributed by atoms with Gasteiger partial charge in [0.05, 0.1) is 0 Å². The molecule has 2 heterocycles. The highest BCUT2D eigenvalue weighted by molar-refractivity contribution is 5.22. The molecule has 0 saturated carbocycles. The molecule has 4 nitrogen and oxygen atoms in total. The second-order valence-electron chi connectivity index (χ2n) is 3.60. The molecule has 1 saturated heterocycles. The molecule has 0 unspecified atom stereocenters. The van der Waals surface area contributed by atoms with Crippen molar-refractivity contribution in [3.05, 3.63) is 18.5 Å². The van der Waals surface area contributed by atoms with E-state index in [2.05, 4.69) is 20.6 Å². The second-order valence-corrected chi connectivity index (χ2v) is 3.60. The lowest BCUT2D eigenvalue weighted by molar-refractivity contribution is 0.413. The van der Waals surface area contributed by atoms with Gasteiger partial charge in [-0.15, -0.1) is 0 Å². The molecule has 1 aromatic heterocycles. The smallest absolute Gasteiger partial charge is 0.222 e. The van der Waals surface area contributed by atoms with E-state index in [1.165, 1.54) is 19.3 Å². The Balaban J connectivity index is 1.76. The first-order valence-electron chi connectivity index (χ1n) is 5.19. The van der Waals surface area contributed by atoms with Gasteiger partial charge in [0.1, 0.15) is 0 Å². The first-order chi connectivity index (χ1) is 6.95. The predicted molar refractivity (Wildman–Crippen MR) is 56.2 cm³/mol. The molecule has 0 bridgehead atoms. The summed E-state index contributed by atoms with van der Waals surface area (Å²) >= 11 is 0. The molecule has 1 fully saturated rings. The normalized spacial score (nSPS) is 21.9. The van der Waals surface area contributed by atoms with Gasteiger partial charge < -0.3 is 10.6 Å². The van der Waals surface area contributed by atoms with Crippen LogP contribution in [0.5, 0.6) is 0 Å². The van der Waals surface area contributed by atoms with Gasteiger partial charge in [0.15, 0.2) is 0 Å². The second kappa shape index (κ2) is 4.91. The molecule has 0 amide bonds. The van der Waals surface area contributed by atoms with Crippen LogP contribution < -0.4 is 10.6 Å². The molecular formula is C10H16N4. The Labute approximate surface area is 84.2 Å². The highest BCUT2D eigenvalue weighted by Gasteiger charge is 2.11. The molecule has 0 radical (unpaired) electrons. The maximum atomic E-state index is 4.11. The van der Waals surface area contributed by atoms with Gasteiger partial charge in [0.2, 0.25) is 5.95 Å². The van der Waals surface area contributed by atoms with Crippen LogP contribution in [-0.4, -0.2) is 29.1 Å². The van der Waals surface area contributed by atoms with Crippen LogP contribution in [0.3, 0.4) is 0 Å². The van der Waals surface area contributed by atoms with Gasteiger partial charge >= 0.3 is 0 Å². The Kier molecular flexibility index (Phi) is 3.29. The third kappa shape index (κ3) is 2.67. The summed E-state index contributed by atoms with van der Waals surface area (Å²) in [6.07, 6.45) is 7.39. The fourth-order valence-corrected chi connectivity index (χ4v) is 1.70. The van der Waals surface area contributed by atoms with Gasteiger partial charge in [-0.05, 0) is 25.5 Å². The molecule has 0 aromatic carbocycles. The molecule has 0 spiro atoms. The Morgan fingerprint density at radius 1 is 1.36 bits per heavy atom. The number of rotatable bonds is 3. The van der Waals surface area contributed by atoms with E-state index in [0.717, 1.165) is 19.0 Å². The van der Waals surface area contributed by atoms with Crippen molar-refractivity contribution in [3.63, 3.8) is 0 Å². The number of nitrogens with zero attached hydrogens (tertiary/aromatic N) is 2. The van der Waals surface area contributed by atoms with Gasteiger partial charge in [-0.25, -0.2) is 9.97 Å². The van der Waals surface area contributed by atoms with Crippen LogP contribution in [0.25, 0.3) is 0 Å². The summed E-state index contributed by atoms with van der Waals surface area (Å²) < 4.78 is 0. The topological polar surface area (TPSA) is 49.8 Å². The monoisotopic (exact) mass is 192 g/mol. The summed E-state index contributed by atoms with van der Waals surface area (Å²) in [5, 5.41) is 6.70. The molecule has 1 aliphatic rings. The van der Waals surface area contributed by atoms with Crippen LogP contribution in [-0.2, 0) is 0 Å². The van der Waals surface area contributed by atoms with Crippen molar-refractivity contribution in [2.75, 3.05) is 18.4 Å². The zero-order valence-corrected chi connectivity index (χ0v) is 8.24. The number of aromatic nitrogens is 2. The van der Waals surface area contributed by atoms with Crippen molar-refractivity contribution in [2.24, 2.45) is 0 Å². The molecule has 1 aliphatic heterocycles. The van der Waals surface area contributed by atoms with Gasteiger partial charge in [-0.3, -0.25) is 0 Å². The zero-order valence-electron chi connectivity index (χ0n) is 8.24. The Bertz CT molecular complexity index is 256. The first kappa shape index (κ1) is 9.40. The van der Waals surface area contributed by atoms with Crippen LogP contribution in [0.1, 0.15) is 19.3 Å². The fourth-order valence-electron chi connectivity index (χ4n) is 1.70. The third-order valence-corrected chi connectivity index (χ3v) is 2.48. The van der Waals surface area contributed by atoms with Crippen molar-refractivity contribution in [2.45, 2.75) is 25.3 Å². The molecule has 1 atom stereocenters. The van der Waals surface area contributed by atoms with Crippen molar-refractivity contribution in [1.82, 2.24) is 15.3 Å². The maximum Gasteiger partial charge on any atom is 0.222 e. The van der Waals surface area contributed by atoms with Crippen molar-refractivity contribution >= 4 is 5.95 Å². The maximum absolute atomic E-state index is 4.11. The third-order valence-electron chi connectivity index (χ3n) is 2.48. The molecule has 2 rings (SSSR count). The van der Waals surface area contributed by atoms with Gasteiger partial charge in [-0.1, -0.05) is 6.42 Å². The average molecular weight is 192 g/mol. The van der Waals surface area contributed by atoms with Crippen LogP contribution in [0.15, 0.2) is 18.5 Å². The minimum Gasteiger partial charge on any atom is -0.353 e. The average Bonchev–Trinajstić information content (AvgIpc) is 2.29. The van der Waals surface area contributed by atoms with E-state index in [1.807, 2.05) is 6.07 Å². The van der Waals surface area contributed by atoms with E-state index < -0.39 is 0 Å². The number of anilines is 1. The van der Waals surface area contributed by atoms with Crippen LogP contribution >= 0.6 is 0 Å². The Morgan fingerprint density at radius 2 is 2.21 bits per heavy atom. The zero-order chi connectivity index (χ0) is 9.64. The highest BCUT2D eigenvalue weighted by Crippen LogP contribution is 2.07. The lowest BCUT2D eigenvalue weighted by Gasteiger charge is -2.23. The number of piperidine rings is 1. The molecule has 0 aliphatic carbocycles. The SMILES string of the molecule is c1cnc(NC[C@@H]2CCCCN2)nc1. The number of hydrogen-bond donors (Lipinski definition) is 2. The summed E-state index contributed by atoms with van der Waals surface area (Å²) in [7, 11) is 0. The van der Waals surface area contributed by atoms with Gasteiger partial charge in [0, 0.05) is 25.0 Å². The van der Waals surface area contributed by atoms with Crippen molar-refractivity contribution in [1.29, 1.82) is 0 Å². The van der Waals surface area contributed by atoms with E-state index in [1.54, 1.807) is 12.4 Å². The van der Waals surface area contributed by atoms with E-state index in [9.17, 15) is 0 Å². The highest BCUT2D eigenvalue weighted by atomic mass is 15.1. The van der Waals surface area contributed by atoms with Crippen LogP contribution in [0, 0.1) is 0 Å². The quantitative estimate of drug-likeness (QED) is 0.751. The summed E-state index contributed by atoms with van der Waals surface area (Å²) in [6, 6.07) is 2.40. The number of hydrogen-bond acceptors (Lipinski definition) is 4. The predicted octanol–water partition coefficient (Wildman–Crippen LogP) is 1.03. The van der Waals surface area contributed by atoms with Gasteiger partial charge in [-0.2, -0.15) is 0 Å². The fraction of sp³-hybridized carbons (Fsp3) is 0.600. The van der Waals surface area contributed by atoms with E-state index in [0.29, 0.717) is 6.04 Å². The summed E-state index contributed by atoms with van der Waals surface area (Å²) in [6.45, 7) is 2.06. The lowest BCUT2D eigenvalue weighted by atomic mass is 10.1. The van der Waals surface area contributed by atoms with Crippen molar-refractivity contribution in [3.8, 4) is 0 Å².